The minimum Gasteiger partial charge on any atom is -0.484 e. The lowest BCUT2D eigenvalue weighted by Crippen LogP contribution is -2.50. The highest BCUT2D eigenvalue weighted by Gasteiger charge is 2.23. The van der Waals surface area contributed by atoms with Crippen LogP contribution in [-0.2, 0) is 14.6 Å². The van der Waals surface area contributed by atoms with Crippen molar-refractivity contribution < 1.29 is 17.9 Å². The van der Waals surface area contributed by atoms with Gasteiger partial charge >= 0.3 is 0 Å². The Bertz CT molecular complexity index is 1180. The summed E-state index contributed by atoms with van der Waals surface area (Å²) in [5.41, 5.74) is 1.79. The van der Waals surface area contributed by atoms with Gasteiger partial charge in [0, 0.05) is 32.4 Å². The first kappa shape index (κ1) is 20.6. The highest BCUT2D eigenvalue weighted by Crippen LogP contribution is 2.31. The van der Waals surface area contributed by atoms with Crippen LogP contribution in [0.4, 0.5) is 5.13 Å². The van der Waals surface area contributed by atoms with Crippen LogP contribution in [0.25, 0.3) is 10.2 Å². The SMILES string of the molecule is Cc1ccccc1OCC(=O)N1CCN(c2nc3ccc(S(C)(=O)=O)cc3s2)CC1. The molecule has 0 spiro atoms. The number of hydrogen-bond donors (Lipinski definition) is 0. The maximum atomic E-state index is 12.5. The predicted octanol–water partition coefficient (Wildman–Crippen LogP) is 2.74. The maximum Gasteiger partial charge on any atom is 0.260 e. The molecule has 2 heterocycles. The molecule has 0 radical (unpaired) electrons. The number of amides is 1. The fraction of sp³-hybridized carbons (Fsp3) is 0.333. The Balaban J connectivity index is 1.37. The molecule has 0 aliphatic carbocycles. The number of benzene rings is 2. The monoisotopic (exact) mass is 445 g/mol. The van der Waals surface area contributed by atoms with Crippen LogP contribution in [0.1, 0.15) is 5.56 Å². The molecule has 1 amide bonds. The van der Waals surface area contributed by atoms with Crippen LogP contribution in [0.3, 0.4) is 0 Å². The molecule has 158 valence electrons. The van der Waals surface area contributed by atoms with E-state index in [9.17, 15) is 13.2 Å². The number of nitrogens with zero attached hydrogens (tertiary/aromatic N) is 3. The van der Waals surface area contributed by atoms with Gasteiger partial charge in [-0.05, 0) is 36.8 Å². The number of piperazine rings is 1. The maximum absolute atomic E-state index is 12.5. The normalized spacial score (nSPS) is 14.9. The second-order valence-corrected chi connectivity index (χ2v) is 10.3. The van der Waals surface area contributed by atoms with Crippen molar-refractivity contribution in [2.45, 2.75) is 11.8 Å². The first-order valence-electron chi connectivity index (χ1n) is 9.63. The summed E-state index contributed by atoms with van der Waals surface area (Å²) in [5, 5.41) is 0.846. The number of rotatable bonds is 5. The van der Waals surface area contributed by atoms with E-state index in [1.807, 2.05) is 36.1 Å². The molecule has 0 atom stereocenters. The molecule has 0 N–H and O–H groups in total. The molecule has 3 aromatic rings. The van der Waals surface area contributed by atoms with E-state index < -0.39 is 9.84 Å². The average Bonchev–Trinajstić information content (AvgIpc) is 3.16. The van der Waals surface area contributed by atoms with E-state index in [1.54, 1.807) is 18.2 Å². The van der Waals surface area contributed by atoms with Crippen molar-refractivity contribution in [3.8, 4) is 5.75 Å². The average molecular weight is 446 g/mol. The Morgan fingerprint density at radius 3 is 2.57 bits per heavy atom. The van der Waals surface area contributed by atoms with E-state index in [4.69, 9.17) is 4.74 Å². The standard InChI is InChI=1S/C21H23N3O4S2/c1-15-5-3-4-6-18(15)28-14-20(25)23-9-11-24(12-10-23)21-22-17-8-7-16(30(2,26)27)13-19(17)29-21/h3-8,13H,9-12,14H2,1-2H3. The molecule has 2 aromatic carbocycles. The van der Waals surface area contributed by atoms with Crippen LogP contribution in [0.5, 0.6) is 5.75 Å². The van der Waals surface area contributed by atoms with Gasteiger partial charge < -0.3 is 14.5 Å². The molecule has 9 heteroatoms. The lowest BCUT2D eigenvalue weighted by molar-refractivity contribution is -0.133. The molecule has 7 nitrogen and oxygen atoms in total. The number of hydrogen-bond acceptors (Lipinski definition) is 7. The zero-order valence-electron chi connectivity index (χ0n) is 16.9. The molecule has 0 unspecified atom stereocenters. The lowest BCUT2D eigenvalue weighted by Gasteiger charge is -2.34. The number of carbonyl (C=O) groups is 1. The van der Waals surface area contributed by atoms with Crippen molar-refractivity contribution >= 4 is 42.4 Å². The molecular weight excluding hydrogens is 422 g/mol. The third-order valence-corrected chi connectivity index (χ3v) is 7.31. The summed E-state index contributed by atoms with van der Waals surface area (Å²) in [6.45, 7) is 4.53. The summed E-state index contributed by atoms with van der Waals surface area (Å²) in [4.78, 5) is 21.4. The second-order valence-electron chi connectivity index (χ2n) is 7.32. The highest BCUT2D eigenvalue weighted by atomic mass is 32.2. The van der Waals surface area contributed by atoms with Gasteiger partial charge in [-0.25, -0.2) is 13.4 Å². The van der Waals surface area contributed by atoms with E-state index in [0.717, 1.165) is 26.7 Å². The molecule has 1 aromatic heterocycles. The number of carbonyl (C=O) groups excluding carboxylic acids is 1. The quantitative estimate of drug-likeness (QED) is 0.601. The Hall–Kier alpha value is -2.65. The topological polar surface area (TPSA) is 79.8 Å². The molecule has 0 bridgehead atoms. The molecule has 4 rings (SSSR count). The summed E-state index contributed by atoms with van der Waals surface area (Å²) >= 11 is 1.48. The van der Waals surface area contributed by atoms with Crippen molar-refractivity contribution in [2.75, 3.05) is 43.9 Å². The molecule has 1 aliphatic heterocycles. The Morgan fingerprint density at radius 1 is 1.13 bits per heavy atom. The molecule has 1 aliphatic rings. The van der Waals surface area contributed by atoms with Gasteiger partial charge in [0.25, 0.3) is 5.91 Å². The second kappa shape index (κ2) is 8.23. The molecule has 30 heavy (non-hydrogen) atoms. The van der Waals surface area contributed by atoms with Crippen LogP contribution in [0.2, 0.25) is 0 Å². The van der Waals surface area contributed by atoms with E-state index >= 15 is 0 Å². The molecular formula is C21H23N3O4S2. The van der Waals surface area contributed by atoms with Crippen LogP contribution < -0.4 is 9.64 Å². The number of aromatic nitrogens is 1. The minimum atomic E-state index is -3.25. The van der Waals surface area contributed by atoms with Gasteiger partial charge in [-0.3, -0.25) is 4.79 Å². The summed E-state index contributed by atoms with van der Waals surface area (Å²) in [5.74, 6) is 0.701. The fourth-order valence-electron chi connectivity index (χ4n) is 3.35. The third-order valence-electron chi connectivity index (χ3n) is 5.12. The minimum absolute atomic E-state index is 0.0278. The zero-order valence-corrected chi connectivity index (χ0v) is 18.5. The Morgan fingerprint density at radius 2 is 1.87 bits per heavy atom. The van der Waals surface area contributed by atoms with Crippen molar-refractivity contribution in [1.82, 2.24) is 9.88 Å². The Labute approximate surface area is 179 Å². The van der Waals surface area contributed by atoms with Crippen LogP contribution in [0.15, 0.2) is 47.4 Å². The number of anilines is 1. The predicted molar refractivity (Wildman–Crippen MR) is 118 cm³/mol. The van der Waals surface area contributed by atoms with Crippen molar-refractivity contribution in [3.05, 3.63) is 48.0 Å². The van der Waals surface area contributed by atoms with Gasteiger partial charge in [-0.1, -0.05) is 29.5 Å². The number of sulfone groups is 1. The van der Waals surface area contributed by atoms with Gasteiger partial charge in [0.15, 0.2) is 21.6 Å². The van der Waals surface area contributed by atoms with Crippen LogP contribution >= 0.6 is 11.3 Å². The van der Waals surface area contributed by atoms with Gasteiger partial charge in [0.2, 0.25) is 0 Å². The number of thiazole rings is 1. The lowest BCUT2D eigenvalue weighted by atomic mass is 10.2. The van der Waals surface area contributed by atoms with Crippen molar-refractivity contribution in [2.24, 2.45) is 0 Å². The zero-order chi connectivity index (χ0) is 21.3. The smallest absolute Gasteiger partial charge is 0.260 e. The van der Waals surface area contributed by atoms with Crippen molar-refractivity contribution in [1.29, 1.82) is 0 Å². The molecule has 1 saturated heterocycles. The van der Waals surface area contributed by atoms with Crippen LogP contribution in [-0.4, -0.2) is 63.3 Å². The summed E-state index contributed by atoms with van der Waals surface area (Å²) in [6.07, 6.45) is 1.20. The summed E-state index contributed by atoms with van der Waals surface area (Å²) in [7, 11) is -3.25. The first-order valence-corrected chi connectivity index (χ1v) is 12.3. The van der Waals surface area contributed by atoms with Gasteiger partial charge in [-0.15, -0.1) is 0 Å². The first-order chi connectivity index (χ1) is 14.3. The summed E-state index contributed by atoms with van der Waals surface area (Å²) < 4.78 is 30.1. The van der Waals surface area contributed by atoms with Gasteiger partial charge in [0.1, 0.15) is 5.75 Å². The largest absolute Gasteiger partial charge is 0.484 e. The molecule has 0 saturated carbocycles. The van der Waals surface area contributed by atoms with Gasteiger partial charge in [-0.2, -0.15) is 0 Å². The van der Waals surface area contributed by atoms with E-state index in [2.05, 4.69) is 9.88 Å². The Kier molecular flexibility index (Phi) is 5.66. The van der Waals surface area contributed by atoms with E-state index in [0.29, 0.717) is 31.1 Å². The van der Waals surface area contributed by atoms with E-state index in [1.165, 1.54) is 17.6 Å². The summed E-state index contributed by atoms with van der Waals surface area (Å²) in [6, 6.07) is 12.7. The van der Waals surface area contributed by atoms with Crippen molar-refractivity contribution in [3.63, 3.8) is 0 Å². The van der Waals surface area contributed by atoms with Gasteiger partial charge in [0.05, 0.1) is 15.1 Å². The molecule has 1 fully saturated rings. The third kappa shape index (κ3) is 4.41. The van der Waals surface area contributed by atoms with Crippen LogP contribution in [0, 0.1) is 6.92 Å². The fourth-order valence-corrected chi connectivity index (χ4v) is 5.13. The number of aryl methyl sites for hydroxylation is 1. The number of para-hydroxylation sites is 1. The highest BCUT2D eigenvalue weighted by molar-refractivity contribution is 7.90. The van der Waals surface area contributed by atoms with E-state index in [-0.39, 0.29) is 12.5 Å². The number of fused-ring (bicyclic) bond motifs is 1. The number of ether oxygens (including phenoxy) is 1.